The Bertz CT molecular complexity index is 627. The Hall–Kier alpha value is -2.12. The maximum Gasteiger partial charge on any atom is 0.148 e. The number of benzene rings is 1. The molecule has 0 radical (unpaired) electrons. The smallest absolute Gasteiger partial charge is 0.148 e. The monoisotopic (exact) mass is 253 g/mol. The van der Waals surface area contributed by atoms with E-state index in [2.05, 4.69) is 16.4 Å². The van der Waals surface area contributed by atoms with Crippen molar-refractivity contribution in [1.82, 2.24) is 10.3 Å². The summed E-state index contributed by atoms with van der Waals surface area (Å²) in [7, 11) is 0. The van der Waals surface area contributed by atoms with Crippen LogP contribution < -0.4 is 10.1 Å². The topological polar surface area (TPSA) is 57.9 Å². The molecule has 1 N–H and O–H groups in total. The molecular formula is C15H15N3O. The number of hydrogen-bond acceptors (Lipinski definition) is 4. The molecule has 96 valence electrons. The van der Waals surface area contributed by atoms with Crippen molar-refractivity contribution in [3.8, 4) is 11.8 Å². The van der Waals surface area contributed by atoms with Gasteiger partial charge in [-0.25, -0.2) is 0 Å². The molecule has 1 aliphatic rings. The molecule has 19 heavy (non-hydrogen) atoms. The van der Waals surface area contributed by atoms with E-state index >= 15 is 0 Å². The van der Waals surface area contributed by atoms with Crippen LogP contribution in [0.3, 0.4) is 0 Å². The Morgan fingerprint density at radius 2 is 2.26 bits per heavy atom. The molecular weight excluding hydrogens is 238 g/mol. The van der Waals surface area contributed by atoms with Crippen LogP contribution in [-0.4, -0.2) is 24.2 Å². The fourth-order valence-electron chi connectivity index (χ4n) is 2.41. The van der Waals surface area contributed by atoms with Gasteiger partial charge in [0.1, 0.15) is 23.5 Å². The molecule has 4 nitrogen and oxygen atoms in total. The summed E-state index contributed by atoms with van der Waals surface area (Å²) in [6.07, 6.45) is 3.85. The van der Waals surface area contributed by atoms with Crippen molar-refractivity contribution in [3.63, 3.8) is 0 Å². The van der Waals surface area contributed by atoms with Crippen molar-refractivity contribution >= 4 is 10.9 Å². The van der Waals surface area contributed by atoms with E-state index in [0.717, 1.165) is 36.8 Å². The van der Waals surface area contributed by atoms with Crippen LogP contribution in [-0.2, 0) is 0 Å². The third-order valence-electron chi connectivity index (χ3n) is 3.38. The Kier molecular flexibility index (Phi) is 3.30. The lowest BCUT2D eigenvalue weighted by molar-refractivity contribution is 0.169. The number of rotatable bonds is 2. The van der Waals surface area contributed by atoms with Crippen LogP contribution in [0.25, 0.3) is 10.9 Å². The van der Waals surface area contributed by atoms with Gasteiger partial charge in [-0.15, -0.1) is 0 Å². The maximum atomic E-state index is 9.22. The second-order valence-corrected chi connectivity index (χ2v) is 4.72. The van der Waals surface area contributed by atoms with E-state index in [1.165, 1.54) is 0 Å². The van der Waals surface area contributed by atoms with Crippen LogP contribution in [0.2, 0.25) is 0 Å². The summed E-state index contributed by atoms with van der Waals surface area (Å²) in [6.45, 7) is 1.88. The van der Waals surface area contributed by atoms with Crippen LogP contribution >= 0.6 is 0 Å². The van der Waals surface area contributed by atoms with E-state index in [9.17, 15) is 5.26 Å². The molecule has 4 heteroatoms. The van der Waals surface area contributed by atoms with Gasteiger partial charge in [-0.3, -0.25) is 4.98 Å². The molecule has 2 heterocycles. The average molecular weight is 253 g/mol. The van der Waals surface area contributed by atoms with Crippen LogP contribution in [0, 0.1) is 11.3 Å². The summed E-state index contributed by atoms with van der Waals surface area (Å²) in [5, 5.41) is 13.4. The minimum absolute atomic E-state index is 0.131. The van der Waals surface area contributed by atoms with Gasteiger partial charge < -0.3 is 10.1 Å². The summed E-state index contributed by atoms with van der Waals surface area (Å²) < 4.78 is 6.07. The van der Waals surface area contributed by atoms with Crippen molar-refractivity contribution in [3.05, 3.63) is 36.0 Å². The third kappa shape index (κ3) is 2.38. The largest absolute Gasteiger partial charge is 0.487 e. The first-order valence-corrected chi connectivity index (χ1v) is 6.53. The fraction of sp³-hybridized carbons (Fsp3) is 0.333. The first-order chi connectivity index (χ1) is 9.38. The molecule has 0 aliphatic carbocycles. The van der Waals surface area contributed by atoms with Gasteiger partial charge in [0, 0.05) is 18.1 Å². The highest BCUT2D eigenvalue weighted by Gasteiger charge is 2.18. The number of piperidine rings is 1. The van der Waals surface area contributed by atoms with E-state index in [1.807, 2.05) is 24.3 Å². The molecule has 1 saturated heterocycles. The van der Waals surface area contributed by atoms with E-state index < -0.39 is 0 Å². The molecule has 1 unspecified atom stereocenters. The minimum atomic E-state index is 0.131. The highest BCUT2D eigenvalue weighted by atomic mass is 16.5. The van der Waals surface area contributed by atoms with Gasteiger partial charge in [0.25, 0.3) is 0 Å². The molecule has 1 aromatic carbocycles. The van der Waals surface area contributed by atoms with Gasteiger partial charge in [0.15, 0.2) is 0 Å². The quantitative estimate of drug-likeness (QED) is 0.891. The predicted octanol–water partition coefficient (Wildman–Crippen LogP) is 2.24. The standard InChI is InChI=1S/C15H15N3O/c16-8-11-9-18-14-6-2-1-5-13(14)15(11)19-12-4-3-7-17-10-12/h1-2,5-6,9,12,17H,3-4,7,10H2. The lowest BCUT2D eigenvalue weighted by Crippen LogP contribution is -2.37. The van der Waals surface area contributed by atoms with Crippen molar-refractivity contribution in [2.75, 3.05) is 13.1 Å². The summed E-state index contributed by atoms with van der Waals surface area (Å²) in [6, 6.07) is 9.93. The van der Waals surface area contributed by atoms with Crippen molar-refractivity contribution in [2.45, 2.75) is 18.9 Å². The lowest BCUT2D eigenvalue weighted by Gasteiger charge is -2.24. The van der Waals surface area contributed by atoms with E-state index in [4.69, 9.17) is 4.74 Å². The zero-order valence-electron chi connectivity index (χ0n) is 10.6. The Morgan fingerprint density at radius 3 is 3.05 bits per heavy atom. The summed E-state index contributed by atoms with van der Waals surface area (Å²) in [5.74, 6) is 0.668. The van der Waals surface area contributed by atoms with Crippen LogP contribution in [0.5, 0.6) is 5.75 Å². The normalized spacial score (nSPS) is 19.0. The number of nitrogens with one attached hydrogen (secondary N) is 1. The van der Waals surface area contributed by atoms with Gasteiger partial charge in [0.05, 0.1) is 5.52 Å². The molecule has 1 fully saturated rings. The van der Waals surface area contributed by atoms with Gasteiger partial charge in [-0.05, 0) is 31.5 Å². The zero-order valence-corrected chi connectivity index (χ0v) is 10.6. The van der Waals surface area contributed by atoms with Crippen molar-refractivity contribution in [2.24, 2.45) is 0 Å². The number of aromatic nitrogens is 1. The molecule has 0 spiro atoms. The molecule has 0 amide bonds. The molecule has 3 rings (SSSR count). The second-order valence-electron chi connectivity index (χ2n) is 4.72. The van der Waals surface area contributed by atoms with Crippen molar-refractivity contribution < 1.29 is 4.74 Å². The Balaban J connectivity index is 2.02. The third-order valence-corrected chi connectivity index (χ3v) is 3.38. The number of nitrogens with zero attached hydrogens (tertiary/aromatic N) is 2. The molecule has 1 aliphatic heterocycles. The van der Waals surface area contributed by atoms with E-state index in [0.29, 0.717) is 11.3 Å². The molecule has 2 aromatic rings. The number of hydrogen-bond donors (Lipinski definition) is 1. The van der Waals surface area contributed by atoms with Crippen molar-refractivity contribution in [1.29, 1.82) is 5.26 Å². The first kappa shape index (κ1) is 11.9. The molecule has 0 saturated carbocycles. The van der Waals surface area contributed by atoms with Crippen LogP contribution in [0.15, 0.2) is 30.5 Å². The second kappa shape index (κ2) is 5.25. The minimum Gasteiger partial charge on any atom is -0.487 e. The molecule has 1 aromatic heterocycles. The fourth-order valence-corrected chi connectivity index (χ4v) is 2.41. The van der Waals surface area contributed by atoms with Gasteiger partial charge in [0.2, 0.25) is 0 Å². The SMILES string of the molecule is N#Cc1cnc2ccccc2c1OC1CCCNC1. The summed E-state index contributed by atoms with van der Waals surface area (Å²) >= 11 is 0. The average Bonchev–Trinajstić information content (AvgIpc) is 2.49. The maximum absolute atomic E-state index is 9.22. The molecule has 0 bridgehead atoms. The van der Waals surface area contributed by atoms with Crippen LogP contribution in [0.1, 0.15) is 18.4 Å². The number of nitriles is 1. The summed E-state index contributed by atoms with van der Waals surface area (Å²) in [5.41, 5.74) is 1.37. The highest BCUT2D eigenvalue weighted by Crippen LogP contribution is 2.29. The predicted molar refractivity (Wildman–Crippen MR) is 73.0 cm³/mol. The highest BCUT2D eigenvalue weighted by molar-refractivity contribution is 5.87. The number of ether oxygens (including phenoxy) is 1. The Morgan fingerprint density at radius 1 is 1.37 bits per heavy atom. The summed E-state index contributed by atoms with van der Waals surface area (Å²) in [4.78, 5) is 4.29. The lowest BCUT2D eigenvalue weighted by atomic mass is 10.1. The zero-order chi connectivity index (χ0) is 13.1. The first-order valence-electron chi connectivity index (χ1n) is 6.53. The number of para-hydroxylation sites is 1. The van der Waals surface area contributed by atoms with Gasteiger partial charge >= 0.3 is 0 Å². The van der Waals surface area contributed by atoms with Crippen LogP contribution in [0.4, 0.5) is 0 Å². The van der Waals surface area contributed by atoms with E-state index in [1.54, 1.807) is 6.20 Å². The van der Waals surface area contributed by atoms with E-state index in [-0.39, 0.29) is 6.10 Å². The molecule has 1 atom stereocenters. The Labute approximate surface area is 112 Å². The van der Waals surface area contributed by atoms with Gasteiger partial charge in [-0.2, -0.15) is 5.26 Å². The number of pyridine rings is 1. The number of fused-ring (bicyclic) bond motifs is 1. The van der Waals surface area contributed by atoms with Gasteiger partial charge in [-0.1, -0.05) is 12.1 Å².